The predicted octanol–water partition coefficient (Wildman–Crippen LogP) is 5.41. The lowest BCUT2D eigenvalue weighted by atomic mass is 9.87. The summed E-state index contributed by atoms with van der Waals surface area (Å²) in [7, 11) is 2.01. The first kappa shape index (κ1) is 23.1. The maximum absolute atomic E-state index is 5.74. The van der Waals surface area contributed by atoms with Crippen LogP contribution in [0.5, 0.6) is 0 Å². The van der Waals surface area contributed by atoms with E-state index < -0.39 is 0 Å². The van der Waals surface area contributed by atoms with Gasteiger partial charge in [0.2, 0.25) is 0 Å². The van der Waals surface area contributed by atoms with Gasteiger partial charge in [-0.15, -0.1) is 0 Å². The Hall–Kier alpha value is -3.81. The van der Waals surface area contributed by atoms with E-state index in [4.69, 9.17) is 9.72 Å². The van der Waals surface area contributed by atoms with Crippen LogP contribution in [0, 0.1) is 0 Å². The van der Waals surface area contributed by atoms with E-state index in [2.05, 4.69) is 68.6 Å². The van der Waals surface area contributed by atoms with Crippen molar-refractivity contribution in [3.63, 3.8) is 0 Å². The van der Waals surface area contributed by atoms with Crippen molar-refractivity contribution >= 4 is 11.0 Å². The number of aryl methyl sites for hydroxylation is 3. The summed E-state index contributed by atoms with van der Waals surface area (Å²) in [6.07, 6.45) is 11.9. The Morgan fingerprint density at radius 1 is 0.821 bits per heavy atom. The zero-order valence-electron chi connectivity index (χ0n) is 22.2. The van der Waals surface area contributed by atoms with Gasteiger partial charge in [-0.3, -0.25) is 10.00 Å². The quantitative estimate of drug-likeness (QED) is 0.323. The second-order valence-corrected chi connectivity index (χ2v) is 11.4. The van der Waals surface area contributed by atoms with E-state index in [-0.39, 0.29) is 0 Å². The van der Waals surface area contributed by atoms with E-state index in [0.29, 0.717) is 18.1 Å². The number of nitrogens with zero attached hydrogens (tertiary/aromatic N) is 5. The maximum atomic E-state index is 5.74. The Bertz CT molecular complexity index is 1650. The van der Waals surface area contributed by atoms with Crippen molar-refractivity contribution in [1.29, 1.82) is 0 Å². The first-order valence-corrected chi connectivity index (χ1v) is 14.1. The third-order valence-corrected chi connectivity index (χ3v) is 9.13. The first-order chi connectivity index (χ1) is 19.2. The number of pyridine rings is 1. The number of aromatic amines is 1. The standard InChI is InChI=1S/C32H32N6O/c1-37-13-12-33-32(37)22-5-3-21(4-6-22)30-29-15-25(17-34-31(29)36-35-30)24-7-2-20-8-10-26(11-9-23(20)14-24)38-27-16-28(38)19-39-18-27/h2-7,12-15,17,26-28H,8-11,16,18-19H2,1H3,(H,34,35,36)/t26-,27?,28?/m0/s1. The van der Waals surface area contributed by atoms with E-state index in [9.17, 15) is 0 Å². The average Bonchev–Trinajstić information content (AvgIpc) is 3.54. The second kappa shape index (κ2) is 9.14. The van der Waals surface area contributed by atoms with Crippen molar-refractivity contribution in [1.82, 2.24) is 29.6 Å². The minimum atomic E-state index is 0.651. The monoisotopic (exact) mass is 516 g/mol. The van der Waals surface area contributed by atoms with Crippen LogP contribution in [0.2, 0.25) is 0 Å². The molecule has 0 spiro atoms. The summed E-state index contributed by atoms with van der Waals surface area (Å²) in [5, 5.41) is 8.76. The number of hydrogen-bond acceptors (Lipinski definition) is 5. The molecule has 39 heavy (non-hydrogen) atoms. The molecule has 2 saturated heterocycles. The normalized spacial score (nSPS) is 22.8. The molecule has 3 aliphatic rings. The number of imidazole rings is 1. The second-order valence-electron chi connectivity index (χ2n) is 11.4. The molecule has 3 atom stereocenters. The molecule has 0 amide bonds. The van der Waals surface area contributed by atoms with E-state index in [1.54, 1.807) is 0 Å². The minimum absolute atomic E-state index is 0.651. The van der Waals surface area contributed by atoms with E-state index in [0.717, 1.165) is 65.3 Å². The van der Waals surface area contributed by atoms with Crippen molar-refractivity contribution in [3.8, 4) is 33.8 Å². The van der Waals surface area contributed by atoms with Gasteiger partial charge in [-0.05, 0) is 54.9 Å². The lowest BCUT2D eigenvalue weighted by Crippen LogP contribution is -2.66. The van der Waals surface area contributed by atoms with Crippen LogP contribution in [0.1, 0.15) is 30.4 Å². The van der Waals surface area contributed by atoms with Crippen molar-refractivity contribution < 1.29 is 4.74 Å². The highest BCUT2D eigenvalue weighted by Gasteiger charge is 2.45. The molecular formula is C32H32N6O. The van der Waals surface area contributed by atoms with Gasteiger partial charge in [0.25, 0.3) is 0 Å². The van der Waals surface area contributed by atoms with Crippen LogP contribution >= 0.6 is 0 Å². The molecule has 7 heteroatoms. The number of H-pyrrole nitrogens is 1. The fourth-order valence-electron chi connectivity index (χ4n) is 7.04. The zero-order valence-corrected chi connectivity index (χ0v) is 22.2. The first-order valence-electron chi connectivity index (χ1n) is 14.1. The summed E-state index contributed by atoms with van der Waals surface area (Å²) in [5.41, 5.74) is 9.27. The lowest BCUT2D eigenvalue weighted by Gasteiger charge is -2.56. The third-order valence-electron chi connectivity index (χ3n) is 9.13. The van der Waals surface area contributed by atoms with Crippen LogP contribution < -0.4 is 0 Å². The number of fused-ring (bicyclic) bond motifs is 4. The Labute approximate surface area is 227 Å². The summed E-state index contributed by atoms with van der Waals surface area (Å²) in [5.74, 6) is 0.955. The highest BCUT2D eigenvalue weighted by Crippen LogP contribution is 2.38. The summed E-state index contributed by atoms with van der Waals surface area (Å²) in [6, 6.07) is 19.7. The van der Waals surface area contributed by atoms with Crippen LogP contribution in [0.15, 0.2) is 67.1 Å². The van der Waals surface area contributed by atoms with Gasteiger partial charge in [0.1, 0.15) is 5.82 Å². The molecular weight excluding hydrogens is 484 g/mol. The van der Waals surface area contributed by atoms with Crippen molar-refractivity contribution in [2.24, 2.45) is 7.05 Å². The molecule has 2 aromatic carbocycles. The lowest BCUT2D eigenvalue weighted by molar-refractivity contribution is -0.148. The largest absolute Gasteiger partial charge is 0.378 e. The summed E-state index contributed by atoms with van der Waals surface area (Å²) in [4.78, 5) is 12.0. The molecule has 1 N–H and O–H groups in total. The number of hydrogen-bond donors (Lipinski definition) is 1. The Morgan fingerprint density at radius 2 is 1.59 bits per heavy atom. The molecule has 2 aliphatic heterocycles. The van der Waals surface area contributed by atoms with Gasteiger partial charge in [0, 0.05) is 65.8 Å². The van der Waals surface area contributed by atoms with Gasteiger partial charge in [0.15, 0.2) is 5.65 Å². The highest BCUT2D eigenvalue weighted by molar-refractivity contribution is 5.93. The van der Waals surface area contributed by atoms with Crippen molar-refractivity contribution in [2.75, 3.05) is 13.2 Å². The van der Waals surface area contributed by atoms with Crippen LogP contribution in [0.3, 0.4) is 0 Å². The predicted molar refractivity (Wildman–Crippen MR) is 152 cm³/mol. The third kappa shape index (κ3) is 3.91. The van der Waals surface area contributed by atoms with E-state index in [1.807, 2.05) is 30.2 Å². The Balaban J connectivity index is 1.07. The van der Waals surface area contributed by atoms with Gasteiger partial charge in [-0.2, -0.15) is 5.10 Å². The minimum Gasteiger partial charge on any atom is -0.378 e. The van der Waals surface area contributed by atoms with Crippen molar-refractivity contribution in [3.05, 3.63) is 78.2 Å². The number of morpholine rings is 1. The molecule has 8 rings (SSSR count). The topological polar surface area (TPSA) is 71.9 Å². The summed E-state index contributed by atoms with van der Waals surface area (Å²) in [6.45, 7) is 1.84. The molecule has 7 nitrogen and oxygen atoms in total. The molecule has 196 valence electrons. The molecule has 2 fully saturated rings. The number of benzene rings is 2. The SMILES string of the molecule is Cn1ccnc1-c1ccc(-c2[nH]nc3ncc(-c4ccc5c(c4)CC[C@@H](N4C6COCC4C6)CC5)cc23)cc1. The van der Waals surface area contributed by atoms with Crippen LogP contribution in [0.4, 0.5) is 0 Å². The Morgan fingerprint density at radius 3 is 2.36 bits per heavy atom. The fraction of sp³-hybridized carbons (Fsp3) is 0.344. The molecule has 2 bridgehead atoms. The number of ether oxygens (including phenoxy) is 1. The molecule has 1 aliphatic carbocycles. The number of aromatic nitrogens is 5. The average molecular weight is 517 g/mol. The molecule has 3 aromatic heterocycles. The van der Waals surface area contributed by atoms with Gasteiger partial charge in [-0.25, -0.2) is 9.97 Å². The smallest absolute Gasteiger partial charge is 0.181 e. The van der Waals surface area contributed by atoms with Gasteiger partial charge in [0.05, 0.1) is 18.9 Å². The van der Waals surface area contributed by atoms with E-state index in [1.165, 1.54) is 36.0 Å². The Kier molecular flexibility index (Phi) is 5.42. The van der Waals surface area contributed by atoms with Gasteiger partial charge >= 0.3 is 0 Å². The zero-order chi connectivity index (χ0) is 25.9. The molecule has 5 aromatic rings. The summed E-state index contributed by atoms with van der Waals surface area (Å²) < 4.78 is 7.77. The van der Waals surface area contributed by atoms with Crippen LogP contribution in [0.25, 0.3) is 44.8 Å². The molecule has 2 unspecified atom stereocenters. The van der Waals surface area contributed by atoms with Crippen molar-refractivity contribution in [2.45, 2.75) is 50.2 Å². The number of nitrogens with one attached hydrogen (secondary N) is 1. The molecule has 0 saturated carbocycles. The fourth-order valence-corrected chi connectivity index (χ4v) is 7.04. The molecule has 5 heterocycles. The van der Waals surface area contributed by atoms with Crippen LogP contribution in [-0.2, 0) is 24.6 Å². The highest BCUT2D eigenvalue weighted by atomic mass is 16.5. The summed E-state index contributed by atoms with van der Waals surface area (Å²) >= 11 is 0. The van der Waals surface area contributed by atoms with Crippen LogP contribution in [-0.4, -0.2) is 61.0 Å². The van der Waals surface area contributed by atoms with Gasteiger partial charge < -0.3 is 9.30 Å². The molecule has 0 radical (unpaired) electrons. The maximum Gasteiger partial charge on any atom is 0.181 e. The van der Waals surface area contributed by atoms with Gasteiger partial charge in [-0.1, -0.05) is 42.5 Å². The number of rotatable bonds is 4. The van der Waals surface area contributed by atoms with E-state index >= 15 is 0 Å².